The Morgan fingerprint density at radius 1 is 0.938 bits per heavy atom. The SMILES string of the molecule is O=C(Cc1cccc(Br)c1)Nc1cccc(-c2ccc3nnc(-c4cccnc4)n3n2)c1. The number of hydrogen-bond acceptors (Lipinski definition) is 5. The molecule has 0 aliphatic rings. The standard InChI is InChI=1S/C24H17BrN6O/c25-19-7-1-4-16(12-19)13-23(32)27-20-8-2-5-17(14-20)21-9-10-22-28-29-24(31(22)30-21)18-6-3-11-26-15-18/h1-12,14-15H,13H2,(H,27,32). The van der Waals surface area contributed by atoms with Gasteiger partial charge in [-0.1, -0.05) is 40.2 Å². The number of hydrogen-bond donors (Lipinski definition) is 1. The first-order chi connectivity index (χ1) is 15.7. The molecular weight excluding hydrogens is 468 g/mol. The number of amides is 1. The maximum atomic E-state index is 12.5. The van der Waals surface area contributed by atoms with Crippen molar-refractivity contribution in [3.05, 3.63) is 95.2 Å². The minimum atomic E-state index is -0.0821. The van der Waals surface area contributed by atoms with Gasteiger partial charge in [0.25, 0.3) is 0 Å². The van der Waals surface area contributed by atoms with E-state index in [0.29, 0.717) is 23.6 Å². The van der Waals surface area contributed by atoms with Crippen molar-refractivity contribution in [1.82, 2.24) is 24.8 Å². The van der Waals surface area contributed by atoms with Gasteiger partial charge in [0.05, 0.1) is 12.1 Å². The average molecular weight is 485 g/mol. The van der Waals surface area contributed by atoms with Crippen molar-refractivity contribution in [3.8, 4) is 22.6 Å². The van der Waals surface area contributed by atoms with Crippen LogP contribution in [0.4, 0.5) is 5.69 Å². The summed E-state index contributed by atoms with van der Waals surface area (Å²) in [6.07, 6.45) is 3.73. The van der Waals surface area contributed by atoms with Gasteiger partial charge in [-0.05, 0) is 54.1 Å². The summed E-state index contributed by atoms with van der Waals surface area (Å²) >= 11 is 3.44. The molecule has 156 valence electrons. The first-order valence-corrected chi connectivity index (χ1v) is 10.7. The van der Waals surface area contributed by atoms with Crippen LogP contribution in [0.1, 0.15) is 5.56 Å². The number of nitrogens with zero attached hydrogens (tertiary/aromatic N) is 5. The molecule has 0 atom stereocenters. The Morgan fingerprint density at radius 2 is 1.81 bits per heavy atom. The third kappa shape index (κ3) is 4.26. The van der Waals surface area contributed by atoms with Crippen LogP contribution in [0.25, 0.3) is 28.3 Å². The molecule has 0 radical (unpaired) electrons. The Balaban J connectivity index is 1.41. The van der Waals surface area contributed by atoms with Gasteiger partial charge in [0.1, 0.15) is 0 Å². The summed E-state index contributed by atoms with van der Waals surface area (Å²) in [4.78, 5) is 16.7. The number of rotatable bonds is 5. The van der Waals surface area contributed by atoms with E-state index in [9.17, 15) is 4.79 Å². The molecule has 0 unspecified atom stereocenters. The largest absolute Gasteiger partial charge is 0.326 e. The lowest BCUT2D eigenvalue weighted by molar-refractivity contribution is -0.115. The van der Waals surface area contributed by atoms with Gasteiger partial charge in [-0.15, -0.1) is 10.2 Å². The van der Waals surface area contributed by atoms with Gasteiger partial charge in [-0.3, -0.25) is 9.78 Å². The van der Waals surface area contributed by atoms with Crippen molar-refractivity contribution >= 4 is 33.2 Å². The fourth-order valence-corrected chi connectivity index (χ4v) is 3.86. The van der Waals surface area contributed by atoms with Gasteiger partial charge in [0.15, 0.2) is 11.5 Å². The molecule has 5 rings (SSSR count). The van der Waals surface area contributed by atoms with E-state index in [1.807, 2.05) is 72.8 Å². The second-order valence-corrected chi connectivity index (χ2v) is 8.11. The molecule has 5 aromatic rings. The number of carbonyl (C=O) groups is 1. The fourth-order valence-electron chi connectivity index (χ4n) is 3.41. The normalized spacial score (nSPS) is 10.9. The molecule has 0 saturated heterocycles. The summed E-state index contributed by atoms with van der Waals surface area (Å²) in [6, 6.07) is 22.8. The lowest BCUT2D eigenvalue weighted by atomic mass is 10.1. The summed E-state index contributed by atoms with van der Waals surface area (Å²) in [5, 5.41) is 16.1. The van der Waals surface area contributed by atoms with Crippen molar-refractivity contribution in [3.63, 3.8) is 0 Å². The third-order valence-electron chi connectivity index (χ3n) is 4.88. The second-order valence-electron chi connectivity index (χ2n) is 7.19. The van der Waals surface area contributed by atoms with Crippen molar-refractivity contribution in [2.24, 2.45) is 0 Å². The van der Waals surface area contributed by atoms with Crippen LogP contribution in [0, 0.1) is 0 Å². The molecule has 2 aromatic carbocycles. The number of pyridine rings is 1. The van der Waals surface area contributed by atoms with Crippen LogP contribution in [0.15, 0.2) is 89.7 Å². The van der Waals surface area contributed by atoms with Gasteiger partial charge in [0.2, 0.25) is 5.91 Å². The van der Waals surface area contributed by atoms with E-state index in [4.69, 9.17) is 5.10 Å². The Morgan fingerprint density at radius 3 is 2.66 bits per heavy atom. The quantitative estimate of drug-likeness (QED) is 0.387. The Bertz CT molecular complexity index is 1420. The summed E-state index contributed by atoms with van der Waals surface area (Å²) in [6.45, 7) is 0. The summed E-state index contributed by atoms with van der Waals surface area (Å²) in [7, 11) is 0. The van der Waals surface area contributed by atoms with Gasteiger partial charge >= 0.3 is 0 Å². The van der Waals surface area contributed by atoms with Crippen LogP contribution in [0.3, 0.4) is 0 Å². The molecule has 0 aliphatic heterocycles. The van der Waals surface area contributed by atoms with Crippen LogP contribution >= 0.6 is 15.9 Å². The summed E-state index contributed by atoms with van der Waals surface area (Å²) in [5.41, 5.74) is 4.74. The van der Waals surface area contributed by atoms with E-state index in [1.165, 1.54) is 0 Å². The number of aromatic nitrogens is 5. The van der Waals surface area contributed by atoms with E-state index in [0.717, 1.165) is 26.9 Å². The molecule has 0 spiro atoms. The number of halogens is 1. The molecule has 0 bridgehead atoms. The Kier molecular flexibility index (Phi) is 5.43. The van der Waals surface area contributed by atoms with Crippen LogP contribution in [0.2, 0.25) is 0 Å². The van der Waals surface area contributed by atoms with E-state index < -0.39 is 0 Å². The number of benzene rings is 2. The van der Waals surface area contributed by atoms with E-state index in [2.05, 4.69) is 36.4 Å². The molecule has 7 nitrogen and oxygen atoms in total. The van der Waals surface area contributed by atoms with Gasteiger partial charge < -0.3 is 5.32 Å². The molecule has 3 aromatic heterocycles. The lowest BCUT2D eigenvalue weighted by Gasteiger charge is -2.08. The highest BCUT2D eigenvalue weighted by molar-refractivity contribution is 9.10. The molecule has 0 fully saturated rings. The van der Waals surface area contributed by atoms with E-state index in [1.54, 1.807) is 16.9 Å². The fraction of sp³-hybridized carbons (Fsp3) is 0.0417. The first-order valence-electron chi connectivity index (χ1n) is 9.93. The minimum absolute atomic E-state index is 0.0821. The van der Waals surface area contributed by atoms with Gasteiger partial charge in [0, 0.05) is 33.7 Å². The van der Waals surface area contributed by atoms with Crippen LogP contribution in [0.5, 0.6) is 0 Å². The molecule has 8 heteroatoms. The highest BCUT2D eigenvalue weighted by Crippen LogP contribution is 2.23. The predicted molar refractivity (Wildman–Crippen MR) is 126 cm³/mol. The topological polar surface area (TPSA) is 85.1 Å². The van der Waals surface area contributed by atoms with Gasteiger partial charge in [-0.25, -0.2) is 0 Å². The zero-order chi connectivity index (χ0) is 21.9. The first kappa shape index (κ1) is 20.0. The van der Waals surface area contributed by atoms with Crippen LogP contribution in [-0.4, -0.2) is 30.7 Å². The Labute approximate surface area is 192 Å². The predicted octanol–water partition coefficient (Wildman–Crippen LogP) is 4.80. The zero-order valence-electron chi connectivity index (χ0n) is 16.8. The second kappa shape index (κ2) is 8.68. The minimum Gasteiger partial charge on any atom is -0.326 e. The smallest absolute Gasteiger partial charge is 0.228 e. The van der Waals surface area contributed by atoms with Crippen molar-refractivity contribution in [2.75, 3.05) is 5.32 Å². The number of anilines is 1. The van der Waals surface area contributed by atoms with Crippen LogP contribution in [-0.2, 0) is 11.2 Å². The van der Waals surface area contributed by atoms with Crippen LogP contribution < -0.4 is 5.32 Å². The summed E-state index contributed by atoms with van der Waals surface area (Å²) < 4.78 is 2.65. The molecule has 1 amide bonds. The van der Waals surface area contributed by atoms with Crippen molar-refractivity contribution in [1.29, 1.82) is 0 Å². The highest BCUT2D eigenvalue weighted by atomic mass is 79.9. The maximum absolute atomic E-state index is 12.5. The average Bonchev–Trinajstić information content (AvgIpc) is 3.23. The molecule has 0 aliphatic carbocycles. The number of nitrogens with one attached hydrogen (secondary N) is 1. The Hall–Kier alpha value is -3.91. The highest BCUT2D eigenvalue weighted by Gasteiger charge is 2.12. The zero-order valence-corrected chi connectivity index (χ0v) is 18.4. The number of fused-ring (bicyclic) bond motifs is 1. The molecule has 32 heavy (non-hydrogen) atoms. The third-order valence-corrected chi connectivity index (χ3v) is 5.37. The van der Waals surface area contributed by atoms with E-state index in [-0.39, 0.29) is 5.91 Å². The van der Waals surface area contributed by atoms with Crippen molar-refractivity contribution < 1.29 is 4.79 Å². The molecule has 0 saturated carbocycles. The molecule has 1 N–H and O–H groups in total. The maximum Gasteiger partial charge on any atom is 0.228 e. The van der Waals surface area contributed by atoms with Crippen molar-refractivity contribution in [2.45, 2.75) is 6.42 Å². The van der Waals surface area contributed by atoms with Gasteiger partial charge in [-0.2, -0.15) is 9.61 Å². The molecular formula is C24H17BrN6O. The summed E-state index contributed by atoms with van der Waals surface area (Å²) in [5.74, 6) is 0.537. The molecule has 3 heterocycles. The van der Waals surface area contributed by atoms with E-state index >= 15 is 0 Å². The monoisotopic (exact) mass is 484 g/mol. The lowest BCUT2D eigenvalue weighted by Crippen LogP contribution is -2.14. The number of carbonyl (C=O) groups excluding carboxylic acids is 1.